The van der Waals surface area contributed by atoms with Crippen LogP contribution in [0.25, 0.3) is 55.3 Å². The molecular weight excluding hydrogens is 636 g/mol. The summed E-state index contributed by atoms with van der Waals surface area (Å²) < 4.78 is 58.0. The van der Waals surface area contributed by atoms with Crippen molar-refractivity contribution in [2.24, 2.45) is 0 Å². The molecule has 7 heteroatoms. The van der Waals surface area contributed by atoms with Gasteiger partial charge in [-0.15, -0.1) is 0 Å². The minimum atomic E-state index is -0.823. The Kier molecular flexibility index (Phi) is 7.37. The lowest BCUT2D eigenvalue weighted by Gasteiger charge is -2.34. The summed E-state index contributed by atoms with van der Waals surface area (Å²) in [6.45, 7) is 3.92. The SMILES string of the molecule is CC1(C)c2ccccc2C(=O)N1c1nccc2c(-c3ccc(F)cc3)c(-c3ccc(F)cc3)c(-c3ccc(F)cc3)c(-c3ccc(F)cc3)c12. The minimum absolute atomic E-state index is 0.232. The van der Waals surface area contributed by atoms with Crippen molar-refractivity contribution in [3.8, 4) is 44.5 Å². The number of hydrogen-bond donors (Lipinski definition) is 0. The van der Waals surface area contributed by atoms with Crippen LogP contribution in [0.5, 0.6) is 0 Å². The van der Waals surface area contributed by atoms with E-state index in [1.165, 1.54) is 48.5 Å². The van der Waals surface area contributed by atoms with Crippen molar-refractivity contribution in [2.45, 2.75) is 19.4 Å². The van der Waals surface area contributed by atoms with Gasteiger partial charge in [0.05, 0.1) is 5.54 Å². The van der Waals surface area contributed by atoms with Gasteiger partial charge in [0, 0.05) is 22.7 Å². The topological polar surface area (TPSA) is 33.2 Å². The molecule has 0 spiro atoms. The van der Waals surface area contributed by atoms with Crippen molar-refractivity contribution in [1.82, 2.24) is 4.98 Å². The maximum Gasteiger partial charge on any atom is 0.260 e. The number of rotatable bonds is 5. The number of nitrogens with zero attached hydrogens (tertiary/aromatic N) is 2. The molecular formula is C43H28F4N2O. The molecule has 0 saturated carbocycles. The molecule has 8 rings (SSSR count). The predicted octanol–water partition coefficient (Wildman–Crippen LogP) is 11.4. The van der Waals surface area contributed by atoms with Crippen LogP contribution in [0.3, 0.4) is 0 Å². The van der Waals surface area contributed by atoms with E-state index in [0.29, 0.717) is 66.7 Å². The standard InChI is InChI=1S/C43H28F4N2O/c1-43(2)35-6-4-3-5-33(35)42(50)49(43)41-40-34(23-24-48-41)36(25-7-15-29(44)16-8-25)37(26-9-17-30(45)18-10-26)38(27-11-19-31(46)20-12-27)39(40)28-13-21-32(47)22-14-28/h3-24H,1-2H3. The van der Waals surface area contributed by atoms with Gasteiger partial charge < -0.3 is 0 Å². The number of hydrogen-bond acceptors (Lipinski definition) is 2. The number of anilines is 1. The van der Waals surface area contributed by atoms with E-state index < -0.39 is 28.8 Å². The fraction of sp³-hybridized carbons (Fsp3) is 0.0698. The van der Waals surface area contributed by atoms with Crippen LogP contribution in [0.2, 0.25) is 0 Å². The number of benzene rings is 6. The van der Waals surface area contributed by atoms with Crippen molar-refractivity contribution < 1.29 is 22.4 Å². The fourth-order valence-corrected chi connectivity index (χ4v) is 7.28. The average Bonchev–Trinajstić information content (AvgIpc) is 3.32. The summed E-state index contributed by atoms with van der Waals surface area (Å²) in [7, 11) is 0. The van der Waals surface area contributed by atoms with E-state index in [1.54, 1.807) is 65.7 Å². The number of fused-ring (bicyclic) bond motifs is 2. The zero-order valence-corrected chi connectivity index (χ0v) is 27.0. The van der Waals surface area contributed by atoms with Crippen LogP contribution < -0.4 is 4.90 Å². The first-order valence-electron chi connectivity index (χ1n) is 16.1. The lowest BCUT2D eigenvalue weighted by atomic mass is 9.79. The Morgan fingerprint density at radius 1 is 0.520 bits per heavy atom. The molecule has 50 heavy (non-hydrogen) atoms. The Hall–Kier alpha value is -6.08. The Balaban J connectivity index is 1.62. The van der Waals surface area contributed by atoms with Gasteiger partial charge >= 0.3 is 0 Å². The molecule has 1 aliphatic heterocycles. The maximum absolute atomic E-state index is 14.5. The second-order valence-corrected chi connectivity index (χ2v) is 12.8. The first-order valence-corrected chi connectivity index (χ1v) is 16.1. The van der Waals surface area contributed by atoms with E-state index >= 15 is 0 Å². The summed E-state index contributed by atoms with van der Waals surface area (Å²) in [6, 6.07) is 33.5. The van der Waals surface area contributed by atoms with Crippen LogP contribution in [-0.2, 0) is 5.54 Å². The molecule has 2 heterocycles. The maximum atomic E-state index is 14.5. The predicted molar refractivity (Wildman–Crippen MR) is 190 cm³/mol. The highest BCUT2D eigenvalue weighted by Gasteiger charge is 2.45. The Labute approximate surface area is 286 Å². The minimum Gasteiger partial charge on any atom is -0.282 e. The first kappa shape index (κ1) is 31.2. The lowest BCUT2D eigenvalue weighted by molar-refractivity contribution is 0.0981. The largest absolute Gasteiger partial charge is 0.282 e. The van der Waals surface area contributed by atoms with Crippen LogP contribution in [0.15, 0.2) is 134 Å². The van der Waals surface area contributed by atoms with E-state index in [2.05, 4.69) is 0 Å². The van der Waals surface area contributed by atoms with Crippen LogP contribution in [0.1, 0.15) is 29.8 Å². The Bertz CT molecular complexity index is 2440. The molecule has 1 amide bonds. The second kappa shape index (κ2) is 11.8. The number of carbonyl (C=O) groups excluding carboxylic acids is 1. The summed E-state index contributed by atoms with van der Waals surface area (Å²) in [5.41, 5.74) is 5.64. The molecule has 0 fully saturated rings. The van der Waals surface area contributed by atoms with Gasteiger partial charge in [0.1, 0.15) is 29.1 Å². The van der Waals surface area contributed by atoms with Crippen LogP contribution in [-0.4, -0.2) is 10.9 Å². The van der Waals surface area contributed by atoms with E-state index in [4.69, 9.17) is 4.98 Å². The van der Waals surface area contributed by atoms with Gasteiger partial charge in [-0.1, -0.05) is 66.7 Å². The summed E-state index contributed by atoms with van der Waals surface area (Å²) in [6.07, 6.45) is 1.64. The van der Waals surface area contributed by atoms with E-state index in [9.17, 15) is 22.4 Å². The summed E-state index contributed by atoms with van der Waals surface area (Å²) in [5.74, 6) is -1.60. The molecule has 0 bridgehead atoms. The lowest BCUT2D eigenvalue weighted by Crippen LogP contribution is -2.40. The molecule has 0 radical (unpaired) electrons. The van der Waals surface area contributed by atoms with E-state index in [1.807, 2.05) is 38.1 Å². The molecule has 0 unspecified atom stereocenters. The van der Waals surface area contributed by atoms with Gasteiger partial charge in [-0.2, -0.15) is 0 Å². The highest BCUT2D eigenvalue weighted by Crippen LogP contribution is 2.54. The quantitative estimate of drug-likeness (QED) is 0.172. The van der Waals surface area contributed by atoms with Crippen molar-refractivity contribution in [2.75, 3.05) is 4.90 Å². The molecule has 0 saturated heterocycles. The molecule has 7 aromatic rings. The third-order valence-corrected chi connectivity index (χ3v) is 9.52. The summed E-state index contributed by atoms with van der Waals surface area (Å²) in [4.78, 5) is 21.0. The highest BCUT2D eigenvalue weighted by molar-refractivity contribution is 6.24. The molecule has 244 valence electrons. The van der Waals surface area contributed by atoms with Crippen LogP contribution >= 0.6 is 0 Å². The van der Waals surface area contributed by atoms with Crippen LogP contribution in [0.4, 0.5) is 23.4 Å². The summed E-state index contributed by atoms with van der Waals surface area (Å²) in [5, 5.41) is 1.25. The average molecular weight is 665 g/mol. The number of aromatic nitrogens is 1. The van der Waals surface area contributed by atoms with E-state index in [0.717, 1.165) is 5.56 Å². The highest BCUT2D eigenvalue weighted by atomic mass is 19.1. The van der Waals surface area contributed by atoms with Crippen LogP contribution in [0, 0.1) is 23.3 Å². The normalized spacial score (nSPS) is 13.6. The first-order chi connectivity index (χ1) is 24.1. The number of halogens is 4. The zero-order chi connectivity index (χ0) is 34.7. The smallest absolute Gasteiger partial charge is 0.260 e. The summed E-state index contributed by atoms with van der Waals surface area (Å²) >= 11 is 0. The monoisotopic (exact) mass is 664 g/mol. The molecule has 1 aromatic heterocycles. The fourth-order valence-electron chi connectivity index (χ4n) is 7.28. The van der Waals surface area contributed by atoms with Crippen molar-refractivity contribution in [3.63, 3.8) is 0 Å². The van der Waals surface area contributed by atoms with Gasteiger partial charge in [-0.3, -0.25) is 9.69 Å². The molecule has 0 atom stereocenters. The molecule has 3 nitrogen and oxygen atoms in total. The van der Waals surface area contributed by atoms with Gasteiger partial charge in [0.15, 0.2) is 0 Å². The van der Waals surface area contributed by atoms with Crippen molar-refractivity contribution in [3.05, 3.63) is 168 Å². The number of amides is 1. The van der Waals surface area contributed by atoms with Crippen molar-refractivity contribution >= 4 is 22.5 Å². The Morgan fingerprint density at radius 2 is 0.940 bits per heavy atom. The van der Waals surface area contributed by atoms with Gasteiger partial charge in [0.2, 0.25) is 0 Å². The number of carbonyl (C=O) groups is 1. The molecule has 0 N–H and O–H groups in total. The Morgan fingerprint density at radius 3 is 1.42 bits per heavy atom. The molecule has 1 aliphatic rings. The van der Waals surface area contributed by atoms with E-state index in [-0.39, 0.29) is 5.91 Å². The molecule has 0 aliphatic carbocycles. The molecule has 6 aromatic carbocycles. The number of pyridine rings is 1. The zero-order valence-electron chi connectivity index (χ0n) is 27.0. The van der Waals surface area contributed by atoms with Crippen molar-refractivity contribution in [1.29, 1.82) is 0 Å². The second-order valence-electron chi connectivity index (χ2n) is 12.8. The van der Waals surface area contributed by atoms with Gasteiger partial charge in [-0.25, -0.2) is 22.5 Å². The van der Waals surface area contributed by atoms with Gasteiger partial charge in [-0.05, 0) is 124 Å². The van der Waals surface area contributed by atoms with Gasteiger partial charge in [0.25, 0.3) is 5.91 Å². The third kappa shape index (κ3) is 4.96. The third-order valence-electron chi connectivity index (χ3n) is 9.52.